The topological polar surface area (TPSA) is 88.9 Å². The quantitative estimate of drug-likeness (QED) is 0.546. The normalized spacial score (nSPS) is 16.2. The fourth-order valence-corrected chi connectivity index (χ4v) is 6.33. The molecule has 0 unspecified atom stereocenters. The lowest BCUT2D eigenvalue weighted by atomic mass is 10.3. The van der Waals surface area contributed by atoms with Crippen molar-refractivity contribution in [2.45, 2.75) is 31.4 Å². The molecule has 0 N–H and O–H groups in total. The van der Waals surface area contributed by atoms with E-state index in [4.69, 9.17) is 4.74 Å². The number of carbonyl (C=O) groups excluding carboxylic acids is 1. The first-order chi connectivity index (χ1) is 15.3. The van der Waals surface area contributed by atoms with Crippen LogP contribution in [0, 0.1) is 0 Å². The van der Waals surface area contributed by atoms with Crippen molar-refractivity contribution >= 4 is 37.5 Å². The maximum atomic E-state index is 13.2. The Kier molecular flexibility index (Phi) is 6.36. The number of sulfonamides is 1. The van der Waals surface area contributed by atoms with Gasteiger partial charge < -0.3 is 9.64 Å². The van der Waals surface area contributed by atoms with E-state index in [1.165, 1.54) is 4.31 Å². The van der Waals surface area contributed by atoms with Crippen molar-refractivity contribution in [2.75, 3.05) is 26.2 Å². The SMILES string of the molecule is CCn1c(=O)sc2cc(S(=O)(=O)N3CCN(C(=O)[C@@H](C)Oc4ccccc4)CC3)ccc21. The van der Waals surface area contributed by atoms with Gasteiger partial charge in [-0.25, -0.2) is 8.42 Å². The van der Waals surface area contributed by atoms with Gasteiger partial charge in [0.2, 0.25) is 10.0 Å². The van der Waals surface area contributed by atoms with E-state index in [0.717, 1.165) is 16.9 Å². The van der Waals surface area contributed by atoms with Crippen LogP contribution >= 0.6 is 11.3 Å². The molecular weight excluding hydrogens is 450 g/mol. The standard InChI is InChI=1S/C22H25N3O5S2/c1-3-25-19-10-9-18(15-20(19)31-22(25)27)32(28,29)24-13-11-23(12-14-24)21(26)16(2)30-17-7-5-4-6-8-17/h4-10,15-16H,3,11-14H2,1-2H3/t16-/m1/s1. The van der Waals surface area contributed by atoms with E-state index < -0.39 is 16.1 Å². The van der Waals surface area contributed by atoms with E-state index in [9.17, 15) is 18.0 Å². The molecule has 3 aromatic rings. The molecule has 1 saturated heterocycles. The minimum Gasteiger partial charge on any atom is -0.481 e. The third-order valence-corrected chi connectivity index (χ3v) is 8.38. The van der Waals surface area contributed by atoms with Crippen LogP contribution in [-0.4, -0.2) is 60.4 Å². The van der Waals surface area contributed by atoms with E-state index >= 15 is 0 Å². The highest BCUT2D eigenvalue weighted by Crippen LogP contribution is 2.25. The molecule has 1 amide bonds. The second-order valence-corrected chi connectivity index (χ2v) is 10.5. The molecule has 0 aliphatic carbocycles. The number of para-hydroxylation sites is 1. The number of benzene rings is 2. The molecule has 1 aliphatic heterocycles. The molecular formula is C22H25N3O5S2. The molecule has 2 aromatic carbocycles. The van der Waals surface area contributed by atoms with Gasteiger partial charge in [0, 0.05) is 32.7 Å². The van der Waals surface area contributed by atoms with Crippen molar-refractivity contribution in [1.82, 2.24) is 13.8 Å². The molecule has 4 rings (SSSR count). The molecule has 0 bridgehead atoms. The van der Waals surface area contributed by atoms with Crippen molar-refractivity contribution < 1.29 is 17.9 Å². The molecule has 1 aromatic heterocycles. The van der Waals surface area contributed by atoms with E-state index in [0.29, 0.717) is 30.1 Å². The third-order valence-electron chi connectivity index (χ3n) is 5.55. The van der Waals surface area contributed by atoms with Gasteiger partial charge in [-0.05, 0) is 44.2 Å². The summed E-state index contributed by atoms with van der Waals surface area (Å²) in [5.41, 5.74) is 0.740. The van der Waals surface area contributed by atoms with Crippen molar-refractivity contribution in [3.05, 3.63) is 58.2 Å². The van der Waals surface area contributed by atoms with Crippen LogP contribution in [0.1, 0.15) is 13.8 Å². The van der Waals surface area contributed by atoms with Gasteiger partial charge in [0.1, 0.15) is 5.75 Å². The number of aromatic nitrogens is 1. The van der Waals surface area contributed by atoms with Gasteiger partial charge in [0.25, 0.3) is 5.91 Å². The average Bonchev–Trinajstić information content (AvgIpc) is 3.13. The summed E-state index contributed by atoms with van der Waals surface area (Å²) in [6, 6.07) is 13.9. The molecule has 8 nitrogen and oxygen atoms in total. The highest BCUT2D eigenvalue weighted by molar-refractivity contribution is 7.89. The number of rotatable bonds is 6. The Hall–Kier alpha value is -2.69. The Morgan fingerprint density at radius 3 is 2.44 bits per heavy atom. The molecule has 1 atom stereocenters. The number of nitrogens with zero attached hydrogens (tertiary/aromatic N) is 3. The number of thiazole rings is 1. The molecule has 0 saturated carbocycles. The van der Waals surface area contributed by atoms with Gasteiger partial charge in [-0.2, -0.15) is 4.31 Å². The lowest BCUT2D eigenvalue weighted by molar-refractivity contribution is -0.139. The predicted molar refractivity (Wildman–Crippen MR) is 124 cm³/mol. The highest BCUT2D eigenvalue weighted by atomic mass is 32.2. The van der Waals surface area contributed by atoms with Crippen LogP contribution in [0.2, 0.25) is 0 Å². The fourth-order valence-electron chi connectivity index (χ4n) is 3.82. The number of hydrogen-bond acceptors (Lipinski definition) is 6. The van der Waals surface area contributed by atoms with Crippen LogP contribution < -0.4 is 9.61 Å². The maximum Gasteiger partial charge on any atom is 0.308 e. The number of ether oxygens (including phenoxy) is 1. The van der Waals surface area contributed by atoms with Crippen LogP contribution in [0.3, 0.4) is 0 Å². The summed E-state index contributed by atoms with van der Waals surface area (Å²) in [6.45, 7) is 5.11. The second-order valence-electron chi connectivity index (χ2n) is 7.54. The zero-order valence-electron chi connectivity index (χ0n) is 17.9. The van der Waals surface area contributed by atoms with Gasteiger partial charge in [0.05, 0.1) is 15.1 Å². The summed E-state index contributed by atoms with van der Waals surface area (Å²) in [5, 5.41) is 0. The zero-order chi connectivity index (χ0) is 22.9. The smallest absolute Gasteiger partial charge is 0.308 e. The molecule has 10 heteroatoms. The summed E-state index contributed by atoms with van der Waals surface area (Å²) in [5.74, 6) is 0.446. The first kappa shape index (κ1) is 22.5. The first-order valence-electron chi connectivity index (χ1n) is 10.5. The van der Waals surface area contributed by atoms with Crippen molar-refractivity contribution in [3.8, 4) is 5.75 Å². The van der Waals surface area contributed by atoms with Crippen molar-refractivity contribution in [3.63, 3.8) is 0 Å². The van der Waals surface area contributed by atoms with Gasteiger partial charge in [-0.3, -0.25) is 14.2 Å². The summed E-state index contributed by atoms with van der Waals surface area (Å²) < 4.78 is 35.7. The maximum absolute atomic E-state index is 13.2. The Balaban J connectivity index is 1.43. The van der Waals surface area contributed by atoms with Crippen molar-refractivity contribution in [2.24, 2.45) is 0 Å². The number of amides is 1. The van der Waals surface area contributed by atoms with Crippen LogP contribution in [0.4, 0.5) is 0 Å². The molecule has 32 heavy (non-hydrogen) atoms. The monoisotopic (exact) mass is 475 g/mol. The minimum absolute atomic E-state index is 0.101. The van der Waals surface area contributed by atoms with Crippen LogP contribution in [0.15, 0.2) is 58.2 Å². The van der Waals surface area contributed by atoms with Crippen LogP contribution in [0.5, 0.6) is 5.75 Å². The fraction of sp³-hybridized carbons (Fsp3) is 0.364. The largest absolute Gasteiger partial charge is 0.481 e. The summed E-state index contributed by atoms with van der Waals surface area (Å²) in [4.78, 5) is 26.5. The molecule has 0 spiro atoms. The van der Waals surface area contributed by atoms with Crippen LogP contribution in [-0.2, 0) is 21.4 Å². The zero-order valence-corrected chi connectivity index (χ0v) is 19.6. The summed E-state index contributed by atoms with van der Waals surface area (Å²) in [6.07, 6.45) is -0.659. The van der Waals surface area contributed by atoms with E-state index in [2.05, 4.69) is 0 Å². The Morgan fingerprint density at radius 1 is 1.09 bits per heavy atom. The Labute approximate surface area is 190 Å². The van der Waals surface area contributed by atoms with Crippen molar-refractivity contribution in [1.29, 1.82) is 0 Å². The third kappa shape index (κ3) is 4.30. The van der Waals surface area contributed by atoms with E-state index in [1.54, 1.807) is 46.7 Å². The van der Waals surface area contributed by atoms with Crippen LogP contribution in [0.25, 0.3) is 10.2 Å². The summed E-state index contributed by atoms with van der Waals surface area (Å²) >= 11 is 1.05. The lowest BCUT2D eigenvalue weighted by Gasteiger charge is -2.35. The lowest BCUT2D eigenvalue weighted by Crippen LogP contribution is -2.53. The number of fused-ring (bicyclic) bond motifs is 1. The molecule has 1 fully saturated rings. The number of hydrogen-bond donors (Lipinski definition) is 0. The van der Waals surface area contributed by atoms with E-state index in [1.807, 2.05) is 25.1 Å². The Morgan fingerprint density at radius 2 is 1.78 bits per heavy atom. The minimum atomic E-state index is -3.72. The molecule has 0 radical (unpaired) electrons. The van der Waals surface area contributed by atoms with E-state index in [-0.39, 0.29) is 28.8 Å². The molecule has 170 valence electrons. The van der Waals surface area contributed by atoms with Gasteiger partial charge >= 0.3 is 4.87 Å². The van der Waals surface area contributed by atoms with Gasteiger partial charge in [-0.15, -0.1) is 0 Å². The van der Waals surface area contributed by atoms with Gasteiger partial charge in [-0.1, -0.05) is 29.5 Å². The first-order valence-corrected chi connectivity index (χ1v) is 12.7. The predicted octanol–water partition coefficient (Wildman–Crippen LogP) is 2.38. The highest BCUT2D eigenvalue weighted by Gasteiger charge is 2.32. The molecule has 1 aliphatic rings. The second kappa shape index (κ2) is 9.05. The summed E-state index contributed by atoms with van der Waals surface area (Å²) in [7, 11) is -3.72. The Bertz CT molecular complexity index is 1280. The number of piperazine rings is 1. The molecule has 2 heterocycles. The number of carbonyl (C=O) groups is 1. The average molecular weight is 476 g/mol. The van der Waals surface area contributed by atoms with Gasteiger partial charge in [0.15, 0.2) is 6.10 Å². The number of aryl methyl sites for hydroxylation is 1.